The van der Waals surface area contributed by atoms with E-state index in [4.69, 9.17) is 23.2 Å². The van der Waals surface area contributed by atoms with E-state index < -0.39 is 23.5 Å². The number of ether oxygens (including phenoxy) is 1. The first-order valence-corrected chi connectivity index (χ1v) is 9.99. The Bertz CT molecular complexity index is 1070. The molecule has 162 valence electrons. The molecule has 0 unspecified atom stereocenters. The second-order valence-electron chi connectivity index (χ2n) is 6.91. The van der Waals surface area contributed by atoms with Gasteiger partial charge in [-0.05, 0) is 43.3 Å². The van der Waals surface area contributed by atoms with Crippen molar-refractivity contribution in [3.05, 3.63) is 81.9 Å². The van der Waals surface area contributed by atoms with Crippen molar-refractivity contribution in [2.75, 3.05) is 7.11 Å². The molecule has 0 saturated heterocycles. The average Bonchev–Trinajstić information content (AvgIpc) is 3.25. The second-order valence-corrected chi connectivity index (χ2v) is 7.75. The zero-order chi connectivity index (χ0) is 22.6. The molecule has 0 spiro atoms. The zero-order valence-corrected chi connectivity index (χ0v) is 18.3. The summed E-state index contributed by atoms with van der Waals surface area (Å²) in [4.78, 5) is 28.3. The summed E-state index contributed by atoms with van der Waals surface area (Å²) in [5.74, 6) is -0.939. The molecule has 10 heteroatoms. The maximum absolute atomic E-state index is 12.8. The van der Waals surface area contributed by atoms with Crippen LogP contribution in [0.3, 0.4) is 0 Å². The number of aromatic nitrogens is 3. The summed E-state index contributed by atoms with van der Waals surface area (Å²) in [5.41, 5.74) is -0.618. The Morgan fingerprint density at radius 1 is 1.19 bits per heavy atom. The average molecular weight is 463 g/mol. The highest BCUT2D eigenvalue weighted by atomic mass is 35.5. The molecule has 0 bridgehead atoms. The fourth-order valence-electron chi connectivity index (χ4n) is 3.13. The SMILES string of the molecule is COC(=O)c1ccc(C(=O)N[C@H](C)[C@](O)(Cn2cncn2)c2ccc(Cl)cc2Cl)cc1. The second kappa shape index (κ2) is 9.47. The van der Waals surface area contributed by atoms with Crippen molar-refractivity contribution < 1.29 is 19.4 Å². The van der Waals surface area contributed by atoms with Gasteiger partial charge in [0.1, 0.15) is 18.3 Å². The Kier molecular flexibility index (Phi) is 6.94. The van der Waals surface area contributed by atoms with Gasteiger partial charge in [-0.2, -0.15) is 5.10 Å². The minimum absolute atomic E-state index is 0.0168. The lowest BCUT2D eigenvalue weighted by molar-refractivity contribution is -0.0155. The Morgan fingerprint density at radius 3 is 2.45 bits per heavy atom. The minimum Gasteiger partial charge on any atom is -0.465 e. The van der Waals surface area contributed by atoms with Crippen LogP contribution in [-0.4, -0.2) is 44.9 Å². The molecule has 0 aliphatic rings. The van der Waals surface area contributed by atoms with Gasteiger partial charge in [0.2, 0.25) is 0 Å². The molecule has 1 amide bonds. The van der Waals surface area contributed by atoms with E-state index in [2.05, 4.69) is 20.1 Å². The minimum atomic E-state index is -1.63. The molecular formula is C21H20Cl2N4O4. The van der Waals surface area contributed by atoms with Crippen LogP contribution in [0.2, 0.25) is 10.0 Å². The van der Waals surface area contributed by atoms with E-state index in [1.807, 2.05) is 0 Å². The van der Waals surface area contributed by atoms with Crippen LogP contribution in [0.15, 0.2) is 55.1 Å². The first kappa shape index (κ1) is 22.7. The lowest BCUT2D eigenvalue weighted by atomic mass is 9.86. The van der Waals surface area contributed by atoms with Crippen LogP contribution in [0.4, 0.5) is 0 Å². The molecule has 0 saturated carbocycles. The number of amides is 1. The molecule has 3 aromatic rings. The third-order valence-corrected chi connectivity index (χ3v) is 5.45. The molecule has 0 aliphatic heterocycles. The fourth-order valence-corrected chi connectivity index (χ4v) is 3.70. The van der Waals surface area contributed by atoms with Crippen LogP contribution in [0.1, 0.15) is 33.2 Å². The molecule has 31 heavy (non-hydrogen) atoms. The van der Waals surface area contributed by atoms with Gasteiger partial charge in [0, 0.05) is 21.2 Å². The monoisotopic (exact) mass is 462 g/mol. The summed E-state index contributed by atoms with van der Waals surface area (Å²) in [6.45, 7) is 1.64. The van der Waals surface area contributed by atoms with Crippen LogP contribution < -0.4 is 5.32 Å². The van der Waals surface area contributed by atoms with Gasteiger partial charge in [0.15, 0.2) is 0 Å². The van der Waals surface area contributed by atoms with Crippen LogP contribution in [0, 0.1) is 0 Å². The number of carbonyl (C=O) groups is 2. The lowest BCUT2D eigenvalue weighted by Gasteiger charge is -2.35. The normalized spacial score (nSPS) is 13.8. The summed E-state index contributed by atoms with van der Waals surface area (Å²) in [5, 5.41) is 19.2. The molecule has 2 N–H and O–H groups in total. The molecule has 2 atom stereocenters. The van der Waals surface area contributed by atoms with Crippen molar-refractivity contribution in [1.82, 2.24) is 20.1 Å². The van der Waals surface area contributed by atoms with Gasteiger partial charge < -0.3 is 15.2 Å². The Labute approximate surface area is 188 Å². The van der Waals surface area contributed by atoms with E-state index in [1.165, 1.54) is 54.8 Å². The van der Waals surface area contributed by atoms with Gasteiger partial charge >= 0.3 is 5.97 Å². The topological polar surface area (TPSA) is 106 Å². The molecule has 8 nitrogen and oxygen atoms in total. The van der Waals surface area contributed by atoms with Gasteiger partial charge in [-0.15, -0.1) is 0 Å². The Balaban J connectivity index is 1.88. The van der Waals surface area contributed by atoms with E-state index in [9.17, 15) is 14.7 Å². The third-order valence-electron chi connectivity index (χ3n) is 4.90. The molecule has 0 aliphatic carbocycles. The first-order valence-electron chi connectivity index (χ1n) is 9.24. The number of benzene rings is 2. The highest BCUT2D eigenvalue weighted by Crippen LogP contribution is 2.34. The predicted molar refractivity (Wildman–Crippen MR) is 115 cm³/mol. The fraction of sp³-hybridized carbons (Fsp3) is 0.238. The molecule has 1 heterocycles. The maximum Gasteiger partial charge on any atom is 0.337 e. The van der Waals surface area contributed by atoms with Gasteiger partial charge in [-0.1, -0.05) is 29.3 Å². The maximum atomic E-state index is 12.8. The van der Waals surface area contributed by atoms with Gasteiger partial charge in [-0.25, -0.2) is 14.5 Å². The number of halogens is 2. The van der Waals surface area contributed by atoms with Crippen molar-refractivity contribution in [2.45, 2.75) is 25.1 Å². The predicted octanol–water partition coefficient (Wildman–Crippen LogP) is 3.08. The third kappa shape index (κ3) is 5.04. The number of hydrogen-bond acceptors (Lipinski definition) is 6. The summed E-state index contributed by atoms with van der Waals surface area (Å²) in [6.07, 6.45) is 2.80. The molecule has 3 rings (SSSR count). The highest BCUT2D eigenvalue weighted by Gasteiger charge is 2.39. The van der Waals surface area contributed by atoms with E-state index in [1.54, 1.807) is 19.1 Å². The quantitative estimate of drug-likeness (QED) is 0.522. The largest absolute Gasteiger partial charge is 0.465 e. The van der Waals surface area contributed by atoms with Crippen LogP contribution in [0.5, 0.6) is 0 Å². The molecule has 0 fully saturated rings. The zero-order valence-electron chi connectivity index (χ0n) is 16.8. The van der Waals surface area contributed by atoms with Crippen molar-refractivity contribution >= 4 is 35.1 Å². The van der Waals surface area contributed by atoms with Crippen LogP contribution in [-0.2, 0) is 16.9 Å². The molecular weight excluding hydrogens is 443 g/mol. The molecule has 1 aromatic heterocycles. The van der Waals surface area contributed by atoms with Gasteiger partial charge in [-0.3, -0.25) is 4.79 Å². The number of nitrogens with one attached hydrogen (secondary N) is 1. The number of rotatable bonds is 7. The van der Waals surface area contributed by atoms with Crippen molar-refractivity contribution in [3.63, 3.8) is 0 Å². The van der Waals surface area contributed by atoms with Crippen molar-refractivity contribution in [1.29, 1.82) is 0 Å². The summed E-state index contributed by atoms with van der Waals surface area (Å²) in [6, 6.07) is 9.92. The van der Waals surface area contributed by atoms with E-state index in [0.29, 0.717) is 21.7 Å². The summed E-state index contributed by atoms with van der Waals surface area (Å²) in [7, 11) is 1.28. The number of carbonyl (C=O) groups excluding carboxylic acids is 2. The van der Waals surface area contributed by atoms with Crippen molar-refractivity contribution in [2.24, 2.45) is 0 Å². The number of hydrogen-bond donors (Lipinski definition) is 2. The van der Waals surface area contributed by atoms with Gasteiger partial charge in [0.25, 0.3) is 5.91 Å². The van der Waals surface area contributed by atoms with E-state index >= 15 is 0 Å². The van der Waals surface area contributed by atoms with Gasteiger partial charge in [0.05, 0.1) is 25.3 Å². The highest BCUT2D eigenvalue weighted by molar-refractivity contribution is 6.35. The standard InChI is InChI=1S/C21H20Cl2N4O4/c1-13(26-19(28)14-3-5-15(6-4-14)20(29)31-2)21(30,10-27-12-24-11-25-27)17-8-7-16(22)9-18(17)23/h3-9,11-13,30H,10H2,1-2H3,(H,26,28)/t13-,21-/m1/s1. The van der Waals surface area contributed by atoms with Crippen LogP contribution in [0.25, 0.3) is 0 Å². The Hall–Kier alpha value is -2.94. The first-order chi connectivity index (χ1) is 14.7. The summed E-state index contributed by atoms with van der Waals surface area (Å²) >= 11 is 12.4. The van der Waals surface area contributed by atoms with E-state index in [0.717, 1.165) is 0 Å². The van der Waals surface area contributed by atoms with Crippen molar-refractivity contribution in [3.8, 4) is 0 Å². The number of methoxy groups -OCH3 is 1. The summed E-state index contributed by atoms with van der Waals surface area (Å²) < 4.78 is 6.10. The lowest BCUT2D eigenvalue weighted by Crippen LogP contribution is -2.51. The van der Waals surface area contributed by atoms with E-state index in [-0.39, 0.29) is 11.6 Å². The molecule has 2 aromatic carbocycles. The number of nitrogens with zero attached hydrogens (tertiary/aromatic N) is 3. The Morgan fingerprint density at radius 2 is 1.87 bits per heavy atom. The smallest absolute Gasteiger partial charge is 0.337 e. The number of aliphatic hydroxyl groups is 1. The van der Waals surface area contributed by atoms with Crippen LogP contribution >= 0.6 is 23.2 Å². The number of esters is 1. The molecule has 0 radical (unpaired) electrons.